The van der Waals surface area contributed by atoms with Crippen LogP contribution in [0.1, 0.15) is 16.8 Å². The summed E-state index contributed by atoms with van der Waals surface area (Å²) in [7, 11) is 1.84. The summed E-state index contributed by atoms with van der Waals surface area (Å²) in [6.45, 7) is 0.555. The van der Waals surface area contributed by atoms with Crippen molar-refractivity contribution in [3.05, 3.63) is 29.8 Å². The highest BCUT2D eigenvalue weighted by Crippen LogP contribution is 2.23. The van der Waals surface area contributed by atoms with Crippen molar-refractivity contribution in [1.82, 2.24) is 5.32 Å². The molecule has 0 fully saturated rings. The van der Waals surface area contributed by atoms with Crippen LogP contribution in [0.2, 0.25) is 0 Å². The van der Waals surface area contributed by atoms with E-state index in [0.717, 1.165) is 0 Å². The number of hydrogen-bond donors (Lipinski definition) is 1. The standard InChI is InChI=1S/C11H13NO2.ClH/c1-12-8-6-10(13)9-4-2-3-5-11(9)14-7-8;/h2-5,8,12H,6-7H2,1H3;1H. The third kappa shape index (κ3) is 2.49. The van der Waals surface area contributed by atoms with Crippen molar-refractivity contribution in [3.8, 4) is 5.75 Å². The average Bonchev–Trinajstić information content (AvgIpc) is 2.39. The number of fused-ring (bicyclic) bond motifs is 1. The SMILES string of the molecule is CNC1COc2ccccc2C(=O)C1.Cl. The second-order valence-corrected chi connectivity index (χ2v) is 3.42. The van der Waals surface area contributed by atoms with E-state index in [9.17, 15) is 4.79 Å². The Balaban J connectivity index is 0.00000112. The number of hydrogen-bond acceptors (Lipinski definition) is 3. The number of rotatable bonds is 1. The fraction of sp³-hybridized carbons (Fsp3) is 0.364. The second kappa shape index (κ2) is 5.14. The molecule has 1 unspecified atom stereocenters. The highest BCUT2D eigenvalue weighted by molar-refractivity contribution is 5.99. The zero-order valence-corrected chi connectivity index (χ0v) is 9.34. The summed E-state index contributed by atoms with van der Waals surface area (Å²) in [6, 6.07) is 7.52. The Morgan fingerprint density at radius 2 is 2.13 bits per heavy atom. The van der Waals surface area contributed by atoms with Crippen LogP contribution in [0.3, 0.4) is 0 Å². The Hall–Kier alpha value is -1.06. The first kappa shape index (κ1) is 12.0. The lowest BCUT2D eigenvalue weighted by Gasteiger charge is -2.11. The highest BCUT2D eigenvalue weighted by Gasteiger charge is 2.21. The molecule has 1 atom stereocenters. The van der Waals surface area contributed by atoms with Crippen LogP contribution in [0.15, 0.2) is 24.3 Å². The molecule has 1 N–H and O–H groups in total. The van der Waals surface area contributed by atoms with E-state index in [-0.39, 0.29) is 24.2 Å². The molecular formula is C11H14ClNO2. The molecule has 82 valence electrons. The Morgan fingerprint density at radius 3 is 2.87 bits per heavy atom. The third-order valence-corrected chi connectivity index (χ3v) is 2.47. The maximum absolute atomic E-state index is 11.8. The fourth-order valence-corrected chi connectivity index (χ4v) is 1.59. The van der Waals surface area contributed by atoms with Gasteiger partial charge in [0, 0.05) is 12.5 Å². The average molecular weight is 228 g/mol. The number of para-hydroxylation sites is 1. The van der Waals surface area contributed by atoms with Crippen LogP contribution >= 0.6 is 12.4 Å². The van der Waals surface area contributed by atoms with Crippen molar-refractivity contribution in [2.45, 2.75) is 12.5 Å². The molecular weight excluding hydrogens is 214 g/mol. The molecule has 0 radical (unpaired) electrons. The van der Waals surface area contributed by atoms with Gasteiger partial charge in [-0.25, -0.2) is 0 Å². The van der Waals surface area contributed by atoms with Crippen LogP contribution in [0.25, 0.3) is 0 Å². The lowest BCUT2D eigenvalue weighted by atomic mass is 10.1. The second-order valence-electron chi connectivity index (χ2n) is 3.42. The molecule has 0 amide bonds. The quantitative estimate of drug-likeness (QED) is 0.793. The van der Waals surface area contributed by atoms with Crippen LogP contribution in [0.5, 0.6) is 5.75 Å². The van der Waals surface area contributed by atoms with Gasteiger partial charge in [0.05, 0.1) is 5.56 Å². The minimum atomic E-state index is 0. The largest absolute Gasteiger partial charge is 0.491 e. The van der Waals surface area contributed by atoms with Crippen LogP contribution < -0.4 is 10.1 Å². The number of Topliss-reactive ketones (excluding diaryl/α,β-unsaturated/α-hetero) is 1. The lowest BCUT2D eigenvalue weighted by Crippen LogP contribution is -2.32. The molecule has 1 aliphatic heterocycles. The number of ether oxygens (including phenoxy) is 1. The first-order valence-corrected chi connectivity index (χ1v) is 4.73. The molecule has 0 saturated heterocycles. The first-order chi connectivity index (χ1) is 6.81. The van der Waals surface area contributed by atoms with Gasteiger partial charge in [-0.15, -0.1) is 12.4 Å². The smallest absolute Gasteiger partial charge is 0.168 e. The van der Waals surface area contributed by atoms with E-state index in [1.807, 2.05) is 31.3 Å². The Labute approximate surface area is 95.2 Å². The zero-order chi connectivity index (χ0) is 9.97. The molecule has 0 bridgehead atoms. The van der Waals surface area contributed by atoms with Crippen molar-refractivity contribution in [2.24, 2.45) is 0 Å². The third-order valence-electron chi connectivity index (χ3n) is 2.47. The van der Waals surface area contributed by atoms with E-state index in [2.05, 4.69) is 5.32 Å². The molecule has 3 nitrogen and oxygen atoms in total. The van der Waals surface area contributed by atoms with Crippen LogP contribution in [0.4, 0.5) is 0 Å². The monoisotopic (exact) mass is 227 g/mol. The zero-order valence-electron chi connectivity index (χ0n) is 8.53. The summed E-state index contributed by atoms with van der Waals surface area (Å²) < 4.78 is 5.54. The van der Waals surface area contributed by atoms with Gasteiger partial charge < -0.3 is 10.1 Å². The molecule has 2 rings (SSSR count). The maximum atomic E-state index is 11.8. The summed E-state index contributed by atoms with van der Waals surface area (Å²) in [5, 5.41) is 3.06. The van der Waals surface area contributed by atoms with Gasteiger partial charge in [-0.05, 0) is 19.2 Å². The number of likely N-dealkylation sites (N-methyl/N-ethyl adjacent to an activating group) is 1. The molecule has 1 heterocycles. The molecule has 0 saturated carbocycles. The van der Waals surface area contributed by atoms with Crippen molar-refractivity contribution >= 4 is 18.2 Å². The van der Waals surface area contributed by atoms with Gasteiger partial charge in [-0.2, -0.15) is 0 Å². The number of ketones is 1. The van der Waals surface area contributed by atoms with Crippen molar-refractivity contribution < 1.29 is 9.53 Å². The van der Waals surface area contributed by atoms with E-state index in [1.54, 1.807) is 0 Å². The Morgan fingerprint density at radius 1 is 1.40 bits per heavy atom. The van der Waals surface area contributed by atoms with Gasteiger partial charge >= 0.3 is 0 Å². The van der Waals surface area contributed by atoms with Crippen molar-refractivity contribution in [2.75, 3.05) is 13.7 Å². The molecule has 0 aromatic heterocycles. The first-order valence-electron chi connectivity index (χ1n) is 4.73. The Bertz CT molecular complexity index is 354. The van der Waals surface area contributed by atoms with Gasteiger partial charge in [0.25, 0.3) is 0 Å². The minimum Gasteiger partial charge on any atom is -0.491 e. The molecule has 1 aliphatic rings. The summed E-state index contributed by atoms with van der Waals surface area (Å²) in [6.07, 6.45) is 0.507. The predicted molar refractivity (Wildman–Crippen MR) is 61.0 cm³/mol. The van der Waals surface area contributed by atoms with Crippen LogP contribution in [0, 0.1) is 0 Å². The summed E-state index contributed by atoms with van der Waals surface area (Å²) in [5.74, 6) is 0.854. The minimum absolute atomic E-state index is 0. The lowest BCUT2D eigenvalue weighted by molar-refractivity contribution is 0.0972. The normalized spacial score (nSPS) is 19.5. The topological polar surface area (TPSA) is 38.3 Å². The van der Waals surface area contributed by atoms with Crippen LogP contribution in [-0.4, -0.2) is 25.5 Å². The van der Waals surface area contributed by atoms with E-state index in [0.29, 0.717) is 24.3 Å². The predicted octanol–water partition coefficient (Wildman–Crippen LogP) is 1.66. The Kier molecular flexibility index (Phi) is 4.12. The van der Waals surface area contributed by atoms with Crippen LogP contribution in [-0.2, 0) is 0 Å². The van der Waals surface area contributed by atoms with E-state index >= 15 is 0 Å². The van der Waals surface area contributed by atoms with Gasteiger partial charge in [-0.3, -0.25) is 4.79 Å². The number of carbonyl (C=O) groups excluding carboxylic acids is 1. The summed E-state index contributed by atoms with van der Waals surface area (Å²) in [5.41, 5.74) is 0.699. The van der Waals surface area contributed by atoms with Crippen molar-refractivity contribution in [1.29, 1.82) is 0 Å². The molecule has 0 aliphatic carbocycles. The molecule has 1 aromatic carbocycles. The van der Waals surface area contributed by atoms with Gasteiger partial charge in [0.15, 0.2) is 5.78 Å². The number of carbonyl (C=O) groups is 1. The van der Waals surface area contributed by atoms with E-state index < -0.39 is 0 Å². The summed E-state index contributed by atoms with van der Waals surface area (Å²) >= 11 is 0. The number of halogens is 1. The van der Waals surface area contributed by atoms with E-state index in [1.165, 1.54) is 0 Å². The maximum Gasteiger partial charge on any atom is 0.168 e. The molecule has 4 heteroatoms. The van der Waals surface area contributed by atoms with Gasteiger partial charge in [0.2, 0.25) is 0 Å². The molecule has 15 heavy (non-hydrogen) atoms. The van der Waals surface area contributed by atoms with Crippen molar-refractivity contribution in [3.63, 3.8) is 0 Å². The van der Waals surface area contributed by atoms with Gasteiger partial charge in [-0.1, -0.05) is 12.1 Å². The van der Waals surface area contributed by atoms with E-state index in [4.69, 9.17) is 4.74 Å². The van der Waals surface area contributed by atoms with Gasteiger partial charge in [0.1, 0.15) is 12.4 Å². The number of benzene rings is 1. The fourth-order valence-electron chi connectivity index (χ4n) is 1.59. The summed E-state index contributed by atoms with van der Waals surface area (Å²) in [4.78, 5) is 11.8. The number of nitrogens with one attached hydrogen (secondary N) is 1. The molecule has 0 spiro atoms. The highest BCUT2D eigenvalue weighted by atomic mass is 35.5. The molecule has 1 aromatic rings.